The number of hydrogen-bond donors (Lipinski definition) is 1. The fraction of sp³-hybridized carbons (Fsp3) is 0.214. The molecule has 0 amide bonds. The number of ether oxygens (including phenoxy) is 1. The predicted octanol–water partition coefficient (Wildman–Crippen LogP) is 4.30. The van der Waals surface area contributed by atoms with Crippen molar-refractivity contribution in [2.45, 2.75) is 13.3 Å². The van der Waals surface area contributed by atoms with Gasteiger partial charge in [0, 0.05) is 16.2 Å². The van der Waals surface area contributed by atoms with Crippen LogP contribution in [0.15, 0.2) is 42.7 Å². The molecule has 4 heteroatoms. The Morgan fingerprint density at radius 3 is 2.67 bits per heavy atom. The van der Waals surface area contributed by atoms with E-state index >= 15 is 0 Å². The number of pyridine rings is 1. The molecule has 0 unspecified atom stereocenters. The first-order chi connectivity index (χ1) is 8.78. The van der Waals surface area contributed by atoms with E-state index in [1.807, 2.05) is 30.3 Å². The fourth-order valence-electron chi connectivity index (χ4n) is 1.48. The van der Waals surface area contributed by atoms with E-state index in [0.29, 0.717) is 0 Å². The van der Waals surface area contributed by atoms with Crippen LogP contribution < -0.4 is 10.1 Å². The Hall–Kier alpha value is -1.30. The lowest BCUT2D eigenvalue weighted by molar-refractivity contribution is 0.480. The molecule has 1 aromatic heterocycles. The van der Waals surface area contributed by atoms with Gasteiger partial charge in [0.15, 0.2) is 0 Å². The number of halogens is 1. The summed E-state index contributed by atoms with van der Waals surface area (Å²) < 4.78 is 6.94. The third-order valence-corrected chi connectivity index (χ3v) is 3.06. The monoisotopic (exact) mass is 354 g/mol. The minimum Gasteiger partial charge on any atom is -0.456 e. The highest BCUT2D eigenvalue weighted by Crippen LogP contribution is 2.23. The molecule has 0 aliphatic heterocycles. The minimum absolute atomic E-state index is 0.748. The number of benzene rings is 1. The molecule has 0 saturated heterocycles. The van der Waals surface area contributed by atoms with E-state index in [9.17, 15) is 0 Å². The zero-order chi connectivity index (χ0) is 12.8. The Bertz CT molecular complexity index is 499. The summed E-state index contributed by atoms with van der Waals surface area (Å²) in [6.45, 7) is 3.07. The van der Waals surface area contributed by atoms with Crippen molar-refractivity contribution in [1.29, 1.82) is 0 Å². The molecule has 0 bridgehead atoms. The van der Waals surface area contributed by atoms with E-state index in [2.05, 4.69) is 39.8 Å². The van der Waals surface area contributed by atoms with Crippen LogP contribution in [0.2, 0.25) is 0 Å². The van der Waals surface area contributed by atoms with Gasteiger partial charge in [0.2, 0.25) is 0 Å². The molecule has 2 aromatic rings. The van der Waals surface area contributed by atoms with E-state index in [4.69, 9.17) is 4.74 Å². The smallest absolute Gasteiger partial charge is 0.147 e. The van der Waals surface area contributed by atoms with Gasteiger partial charge in [-0.3, -0.25) is 4.98 Å². The highest BCUT2D eigenvalue weighted by Gasteiger charge is 1.99. The molecule has 0 spiro atoms. The van der Waals surface area contributed by atoms with Crippen molar-refractivity contribution in [3.63, 3.8) is 0 Å². The zero-order valence-electron chi connectivity index (χ0n) is 10.2. The Kier molecular flexibility index (Phi) is 4.81. The van der Waals surface area contributed by atoms with Crippen LogP contribution in [0.25, 0.3) is 0 Å². The largest absolute Gasteiger partial charge is 0.456 e. The van der Waals surface area contributed by atoms with Gasteiger partial charge in [-0.25, -0.2) is 0 Å². The Balaban J connectivity index is 2.06. The van der Waals surface area contributed by atoms with E-state index < -0.39 is 0 Å². The van der Waals surface area contributed by atoms with Crippen molar-refractivity contribution in [3.05, 3.63) is 46.3 Å². The summed E-state index contributed by atoms with van der Waals surface area (Å²) in [5.74, 6) is 1.57. The quantitative estimate of drug-likeness (QED) is 0.813. The van der Waals surface area contributed by atoms with Gasteiger partial charge in [-0.15, -0.1) is 0 Å². The number of nitrogens with one attached hydrogen (secondary N) is 1. The van der Waals surface area contributed by atoms with Gasteiger partial charge in [-0.05, 0) is 53.3 Å². The number of hydrogen-bond acceptors (Lipinski definition) is 3. The van der Waals surface area contributed by atoms with Crippen LogP contribution in [0.5, 0.6) is 11.5 Å². The van der Waals surface area contributed by atoms with Gasteiger partial charge in [0.25, 0.3) is 0 Å². The number of anilines is 1. The lowest BCUT2D eigenvalue weighted by Crippen LogP contribution is -2.00. The Morgan fingerprint density at radius 2 is 1.94 bits per heavy atom. The minimum atomic E-state index is 0.748. The van der Waals surface area contributed by atoms with Crippen LogP contribution in [-0.4, -0.2) is 11.5 Å². The topological polar surface area (TPSA) is 34.2 Å². The van der Waals surface area contributed by atoms with Crippen LogP contribution in [0.1, 0.15) is 13.3 Å². The van der Waals surface area contributed by atoms with E-state index in [1.165, 1.54) is 3.57 Å². The second kappa shape index (κ2) is 6.58. The van der Waals surface area contributed by atoms with Crippen molar-refractivity contribution in [2.75, 3.05) is 11.9 Å². The first-order valence-corrected chi connectivity index (χ1v) is 6.98. The molecule has 0 aliphatic carbocycles. The third kappa shape index (κ3) is 3.87. The van der Waals surface area contributed by atoms with Crippen molar-refractivity contribution in [1.82, 2.24) is 4.98 Å². The SMILES string of the molecule is CCCNc1cncc(Oc2ccc(I)cc2)c1. The molecule has 0 aliphatic rings. The van der Waals surface area contributed by atoms with Crippen molar-refractivity contribution < 1.29 is 4.74 Å². The van der Waals surface area contributed by atoms with Crippen LogP contribution in [0.3, 0.4) is 0 Å². The van der Waals surface area contributed by atoms with E-state index in [-0.39, 0.29) is 0 Å². The Labute approximate surface area is 121 Å². The molecule has 0 atom stereocenters. The lowest BCUT2D eigenvalue weighted by Gasteiger charge is -2.08. The highest BCUT2D eigenvalue weighted by molar-refractivity contribution is 14.1. The third-order valence-electron chi connectivity index (χ3n) is 2.34. The standard InChI is InChI=1S/C14H15IN2O/c1-2-7-17-12-8-14(10-16-9-12)18-13-5-3-11(15)4-6-13/h3-6,8-10,17H,2,7H2,1H3. The molecule has 94 valence electrons. The first-order valence-electron chi connectivity index (χ1n) is 5.90. The van der Waals surface area contributed by atoms with E-state index in [0.717, 1.165) is 30.2 Å². The molecule has 3 nitrogen and oxygen atoms in total. The van der Waals surface area contributed by atoms with Gasteiger partial charge in [-0.1, -0.05) is 6.92 Å². The fourth-order valence-corrected chi connectivity index (χ4v) is 1.84. The van der Waals surface area contributed by atoms with Gasteiger partial charge in [-0.2, -0.15) is 0 Å². The molecule has 18 heavy (non-hydrogen) atoms. The second-order valence-electron chi connectivity index (χ2n) is 3.89. The normalized spacial score (nSPS) is 10.1. The number of aromatic nitrogens is 1. The molecule has 1 N–H and O–H groups in total. The van der Waals surface area contributed by atoms with Crippen LogP contribution in [0, 0.1) is 3.57 Å². The number of rotatable bonds is 5. The molecule has 1 heterocycles. The molecule has 0 fully saturated rings. The summed E-state index contributed by atoms with van der Waals surface area (Å²) in [4.78, 5) is 4.16. The molecule has 2 rings (SSSR count). The van der Waals surface area contributed by atoms with Crippen molar-refractivity contribution in [3.8, 4) is 11.5 Å². The second-order valence-corrected chi connectivity index (χ2v) is 5.14. The number of nitrogens with zero attached hydrogens (tertiary/aromatic N) is 1. The van der Waals surface area contributed by atoms with Gasteiger partial charge >= 0.3 is 0 Å². The van der Waals surface area contributed by atoms with Crippen molar-refractivity contribution >= 4 is 28.3 Å². The van der Waals surface area contributed by atoms with Crippen LogP contribution in [0.4, 0.5) is 5.69 Å². The maximum absolute atomic E-state index is 5.75. The molecular weight excluding hydrogens is 339 g/mol. The molecule has 0 saturated carbocycles. The predicted molar refractivity (Wildman–Crippen MR) is 82.3 cm³/mol. The summed E-state index contributed by atoms with van der Waals surface area (Å²) >= 11 is 2.27. The van der Waals surface area contributed by atoms with E-state index in [1.54, 1.807) is 12.4 Å². The summed E-state index contributed by atoms with van der Waals surface area (Å²) in [7, 11) is 0. The van der Waals surface area contributed by atoms with Gasteiger partial charge in [0.1, 0.15) is 11.5 Å². The first kappa shape index (κ1) is 13.1. The average molecular weight is 354 g/mol. The lowest BCUT2D eigenvalue weighted by atomic mass is 10.3. The van der Waals surface area contributed by atoms with Gasteiger partial charge < -0.3 is 10.1 Å². The summed E-state index contributed by atoms with van der Waals surface area (Å²) in [5.41, 5.74) is 0.986. The maximum Gasteiger partial charge on any atom is 0.147 e. The van der Waals surface area contributed by atoms with Crippen LogP contribution in [-0.2, 0) is 0 Å². The highest BCUT2D eigenvalue weighted by atomic mass is 127. The average Bonchev–Trinajstić information content (AvgIpc) is 2.40. The summed E-state index contributed by atoms with van der Waals surface area (Å²) in [5, 5.41) is 3.29. The van der Waals surface area contributed by atoms with Crippen molar-refractivity contribution in [2.24, 2.45) is 0 Å². The summed E-state index contributed by atoms with van der Waals surface area (Å²) in [6.07, 6.45) is 4.60. The molecule has 0 radical (unpaired) electrons. The Morgan fingerprint density at radius 1 is 1.17 bits per heavy atom. The molecular formula is C14H15IN2O. The van der Waals surface area contributed by atoms with Gasteiger partial charge in [0.05, 0.1) is 18.1 Å². The zero-order valence-corrected chi connectivity index (χ0v) is 12.3. The van der Waals surface area contributed by atoms with Crippen LogP contribution >= 0.6 is 22.6 Å². The maximum atomic E-state index is 5.75. The summed E-state index contributed by atoms with van der Waals surface area (Å²) in [6, 6.07) is 9.90. The molecule has 1 aromatic carbocycles.